The van der Waals surface area contributed by atoms with Crippen LogP contribution in [0.1, 0.15) is 30.5 Å². The number of carbonyl (C=O) groups is 2. The fourth-order valence-corrected chi connectivity index (χ4v) is 4.34. The first-order chi connectivity index (χ1) is 14.5. The van der Waals surface area contributed by atoms with Crippen molar-refractivity contribution in [2.75, 3.05) is 32.2 Å². The van der Waals surface area contributed by atoms with E-state index in [1.165, 1.54) is 0 Å². The summed E-state index contributed by atoms with van der Waals surface area (Å²) in [5.74, 6) is 1.39. The zero-order valence-corrected chi connectivity index (χ0v) is 17.6. The normalized spacial score (nSPS) is 20.7. The number of ether oxygens (including phenoxy) is 2. The van der Waals surface area contributed by atoms with Crippen LogP contribution in [0.3, 0.4) is 0 Å². The number of amides is 3. The fraction of sp³-hybridized carbons (Fsp3) is 0.391. The predicted molar refractivity (Wildman–Crippen MR) is 114 cm³/mol. The quantitative estimate of drug-likeness (QED) is 0.842. The summed E-state index contributed by atoms with van der Waals surface area (Å²) in [7, 11) is 3.23. The highest BCUT2D eigenvalue weighted by Crippen LogP contribution is 2.38. The third-order valence-electron chi connectivity index (χ3n) is 5.97. The number of fused-ring (bicyclic) bond motifs is 1. The molecule has 1 saturated heterocycles. The first-order valence-corrected chi connectivity index (χ1v) is 10.2. The lowest BCUT2D eigenvalue weighted by Gasteiger charge is -2.36. The van der Waals surface area contributed by atoms with Crippen molar-refractivity contribution >= 4 is 17.6 Å². The second kappa shape index (κ2) is 8.26. The Labute approximate surface area is 176 Å². The number of methoxy groups -OCH3 is 2. The van der Waals surface area contributed by atoms with Gasteiger partial charge in [-0.05, 0) is 48.7 Å². The van der Waals surface area contributed by atoms with Crippen LogP contribution >= 0.6 is 0 Å². The molecule has 158 valence electrons. The molecular weight excluding hydrogens is 382 g/mol. The highest BCUT2D eigenvalue weighted by molar-refractivity contribution is 5.96. The summed E-state index contributed by atoms with van der Waals surface area (Å²) in [6.45, 7) is 3.11. The molecule has 0 spiro atoms. The molecule has 0 aromatic heterocycles. The van der Waals surface area contributed by atoms with Gasteiger partial charge in [0.15, 0.2) is 11.5 Å². The molecule has 1 fully saturated rings. The standard InChI is InChI=1S/C23H27N3O4/c1-15-19-13-21(30-3)20(29-2)11-16(19)9-10-25(15)23(28)24-17-12-22(27)26(14-17)18-7-5-4-6-8-18/h4-8,11,13,15,17H,9-10,12,14H2,1-3H3,(H,24,28)/t15-,17-/m1/s1. The van der Waals surface area contributed by atoms with E-state index in [2.05, 4.69) is 5.32 Å². The number of nitrogens with zero attached hydrogens (tertiary/aromatic N) is 2. The Hall–Kier alpha value is -3.22. The Bertz CT molecular complexity index is 947. The van der Waals surface area contributed by atoms with E-state index >= 15 is 0 Å². The Balaban J connectivity index is 1.45. The molecule has 4 rings (SSSR count). The maximum Gasteiger partial charge on any atom is 0.318 e. The topological polar surface area (TPSA) is 71.1 Å². The molecule has 0 bridgehead atoms. The average molecular weight is 409 g/mol. The minimum absolute atomic E-state index is 0.0281. The zero-order valence-electron chi connectivity index (χ0n) is 17.6. The summed E-state index contributed by atoms with van der Waals surface area (Å²) in [4.78, 5) is 29.0. The van der Waals surface area contributed by atoms with Crippen molar-refractivity contribution in [1.82, 2.24) is 10.2 Å². The highest BCUT2D eigenvalue weighted by Gasteiger charge is 2.35. The van der Waals surface area contributed by atoms with Crippen LogP contribution in [0, 0.1) is 0 Å². The Morgan fingerprint density at radius 3 is 2.50 bits per heavy atom. The number of carbonyl (C=O) groups excluding carboxylic acids is 2. The van der Waals surface area contributed by atoms with Gasteiger partial charge in [-0.15, -0.1) is 0 Å². The maximum atomic E-state index is 13.0. The molecule has 2 aliphatic rings. The van der Waals surface area contributed by atoms with Gasteiger partial charge in [0.25, 0.3) is 0 Å². The van der Waals surface area contributed by atoms with Crippen LogP contribution in [0.15, 0.2) is 42.5 Å². The van der Waals surface area contributed by atoms with Gasteiger partial charge < -0.3 is 24.6 Å². The van der Waals surface area contributed by atoms with Gasteiger partial charge in [0, 0.05) is 25.2 Å². The summed E-state index contributed by atoms with van der Waals surface area (Å²) in [5.41, 5.74) is 3.08. The molecule has 7 nitrogen and oxygen atoms in total. The summed E-state index contributed by atoms with van der Waals surface area (Å²) in [6, 6.07) is 13.1. The van der Waals surface area contributed by atoms with Crippen molar-refractivity contribution in [3.63, 3.8) is 0 Å². The lowest BCUT2D eigenvalue weighted by atomic mass is 9.93. The lowest BCUT2D eigenvalue weighted by molar-refractivity contribution is -0.117. The SMILES string of the molecule is COc1cc2c(cc1OC)[C@@H](C)N(C(=O)N[C@@H]1CC(=O)N(c3ccccc3)C1)CC2. The molecule has 0 unspecified atom stereocenters. The maximum absolute atomic E-state index is 13.0. The second-order valence-corrected chi connectivity index (χ2v) is 7.72. The number of urea groups is 1. The summed E-state index contributed by atoms with van der Waals surface area (Å²) in [6.07, 6.45) is 1.05. The Morgan fingerprint density at radius 2 is 1.80 bits per heavy atom. The molecule has 0 saturated carbocycles. The number of rotatable bonds is 4. The molecule has 2 aliphatic heterocycles. The third kappa shape index (κ3) is 3.67. The number of anilines is 1. The third-order valence-corrected chi connectivity index (χ3v) is 5.97. The molecule has 30 heavy (non-hydrogen) atoms. The first-order valence-electron chi connectivity index (χ1n) is 10.2. The number of nitrogens with one attached hydrogen (secondary N) is 1. The fourth-order valence-electron chi connectivity index (χ4n) is 4.34. The molecular formula is C23H27N3O4. The van der Waals surface area contributed by atoms with Gasteiger partial charge in [-0.25, -0.2) is 4.79 Å². The van der Waals surface area contributed by atoms with Gasteiger partial charge in [-0.2, -0.15) is 0 Å². The van der Waals surface area contributed by atoms with Crippen molar-refractivity contribution in [2.24, 2.45) is 0 Å². The zero-order chi connectivity index (χ0) is 21.3. The second-order valence-electron chi connectivity index (χ2n) is 7.72. The predicted octanol–water partition coefficient (Wildman–Crippen LogP) is 3.14. The van der Waals surface area contributed by atoms with Gasteiger partial charge in [0.1, 0.15) is 0 Å². The molecule has 1 N–H and O–H groups in total. The molecule has 3 amide bonds. The van der Waals surface area contributed by atoms with Gasteiger partial charge >= 0.3 is 6.03 Å². The van der Waals surface area contributed by atoms with E-state index in [1.807, 2.05) is 54.3 Å². The highest BCUT2D eigenvalue weighted by atomic mass is 16.5. The molecule has 2 heterocycles. The van der Waals surface area contributed by atoms with Crippen LogP contribution in [-0.2, 0) is 11.2 Å². The van der Waals surface area contributed by atoms with E-state index in [1.54, 1.807) is 19.1 Å². The van der Waals surface area contributed by atoms with Crippen molar-refractivity contribution in [2.45, 2.75) is 31.8 Å². The van der Waals surface area contributed by atoms with Crippen LogP contribution in [0.2, 0.25) is 0 Å². The molecule has 2 atom stereocenters. The van der Waals surface area contributed by atoms with E-state index in [4.69, 9.17) is 9.47 Å². The van der Waals surface area contributed by atoms with Gasteiger partial charge in [-0.3, -0.25) is 4.79 Å². The largest absolute Gasteiger partial charge is 0.493 e. The first kappa shape index (κ1) is 20.1. The minimum atomic E-state index is -0.204. The summed E-state index contributed by atoms with van der Waals surface area (Å²) in [5, 5.41) is 3.06. The number of hydrogen-bond acceptors (Lipinski definition) is 4. The summed E-state index contributed by atoms with van der Waals surface area (Å²) >= 11 is 0. The molecule has 0 radical (unpaired) electrons. The smallest absolute Gasteiger partial charge is 0.318 e. The van der Waals surface area contributed by atoms with Crippen LogP contribution in [-0.4, -0.2) is 50.2 Å². The van der Waals surface area contributed by atoms with E-state index < -0.39 is 0 Å². The van der Waals surface area contributed by atoms with Gasteiger partial charge in [0.2, 0.25) is 5.91 Å². The lowest BCUT2D eigenvalue weighted by Crippen LogP contribution is -2.48. The van der Waals surface area contributed by atoms with Crippen molar-refractivity contribution in [3.05, 3.63) is 53.6 Å². The Kier molecular flexibility index (Phi) is 5.53. The van der Waals surface area contributed by atoms with Crippen molar-refractivity contribution in [3.8, 4) is 11.5 Å². The average Bonchev–Trinajstić information content (AvgIpc) is 3.13. The number of benzene rings is 2. The monoisotopic (exact) mass is 409 g/mol. The van der Waals surface area contributed by atoms with Gasteiger partial charge in [0.05, 0.1) is 26.3 Å². The molecule has 7 heteroatoms. The Morgan fingerprint density at radius 1 is 1.10 bits per heavy atom. The summed E-state index contributed by atoms with van der Waals surface area (Å²) < 4.78 is 10.8. The number of hydrogen-bond donors (Lipinski definition) is 1. The van der Waals surface area contributed by atoms with E-state index in [-0.39, 0.29) is 24.0 Å². The van der Waals surface area contributed by atoms with Crippen LogP contribution in [0.5, 0.6) is 11.5 Å². The van der Waals surface area contributed by atoms with E-state index in [0.29, 0.717) is 31.0 Å². The van der Waals surface area contributed by atoms with Crippen LogP contribution < -0.4 is 19.7 Å². The van der Waals surface area contributed by atoms with Crippen LogP contribution in [0.4, 0.5) is 10.5 Å². The minimum Gasteiger partial charge on any atom is -0.493 e. The molecule has 0 aliphatic carbocycles. The van der Waals surface area contributed by atoms with E-state index in [9.17, 15) is 9.59 Å². The van der Waals surface area contributed by atoms with Crippen molar-refractivity contribution < 1.29 is 19.1 Å². The van der Waals surface area contributed by atoms with E-state index in [0.717, 1.165) is 23.2 Å². The molecule has 2 aromatic rings. The van der Waals surface area contributed by atoms with Gasteiger partial charge in [-0.1, -0.05) is 18.2 Å². The number of para-hydroxylation sites is 1. The van der Waals surface area contributed by atoms with Crippen molar-refractivity contribution in [1.29, 1.82) is 0 Å². The van der Waals surface area contributed by atoms with Crippen LogP contribution in [0.25, 0.3) is 0 Å². The molecule has 2 aromatic carbocycles.